The molecule has 81 heavy (non-hydrogen) atoms. The molecule has 0 radical (unpaired) electrons. The molecule has 4 heterocycles. The minimum Gasteiger partial charge on any atom is -0.445 e. The maximum atomic E-state index is 13.5. The Hall–Kier alpha value is -4.14. The first-order valence-electron chi connectivity index (χ1n) is 33.0. The number of nitrogens with zero attached hydrogens (tertiary/aromatic N) is 2. The van der Waals surface area contributed by atoms with Crippen LogP contribution in [0.5, 0.6) is 0 Å². The zero-order valence-electron chi connectivity index (χ0n) is 51.4. The van der Waals surface area contributed by atoms with Gasteiger partial charge < -0.3 is 28.7 Å². The largest absolute Gasteiger partial charge is 0.445 e. The van der Waals surface area contributed by atoms with Gasteiger partial charge in [-0.15, -0.1) is 0 Å². The Morgan fingerprint density at radius 1 is 0.568 bits per heavy atom. The zero-order chi connectivity index (χ0) is 56.3. The second kappa shape index (κ2) is 21.4. The van der Waals surface area contributed by atoms with E-state index in [2.05, 4.69) is 81.4 Å². The van der Waals surface area contributed by atoms with Crippen LogP contribution in [-0.4, -0.2) is 70.6 Å². The van der Waals surface area contributed by atoms with Gasteiger partial charge in [0.15, 0.2) is 0 Å². The molecule has 0 N–H and O–H groups in total. The van der Waals surface area contributed by atoms with Gasteiger partial charge in [-0.05, 0) is 210 Å². The Bertz CT molecular complexity index is 2840. The van der Waals surface area contributed by atoms with Crippen LogP contribution < -0.4 is 0 Å². The number of piperidine rings is 2. The predicted molar refractivity (Wildman–Crippen MR) is 322 cm³/mol. The molecular weight excluding hydrogens is 1000 g/mol. The van der Waals surface area contributed by atoms with E-state index >= 15 is 0 Å². The topological polar surface area (TPSA) is 77.5 Å². The predicted octanol–water partition coefficient (Wildman–Crippen LogP) is 17.0. The van der Waals surface area contributed by atoms with Gasteiger partial charge in [-0.1, -0.05) is 156 Å². The van der Waals surface area contributed by atoms with E-state index in [1.165, 1.54) is 82.6 Å². The third-order valence-electron chi connectivity index (χ3n) is 25.6. The summed E-state index contributed by atoms with van der Waals surface area (Å²) in [6.07, 6.45) is 26.2. The van der Waals surface area contributed by atoms with Crippen molar-refractivity contribution in [2.24, 2.45) is 81.8 Å². The zero-order valence-corrected chi connectivity index (χ0v) is 51.4. The van der Waals surface area contributed by atoms with Crippen LogP contribution in [0.15, 0.2) is 106 Å². The average Bonchev–Trinajstić information content (AvgIpc) is 3.44. The Balaban J connectivity index is 0.000000153. The highest BCUT2D eigenvalue weighted by molar-refractivity contribution is 5.69. The summed E-state index contributed by atoms with van der Waals surface area (Å²) in [4.78, 5) is 31.1. The van der Waals surface area contributed by atoms with Crippen molar-refractivity contribution in [3.63, 3.8) is 0 Å². The fourth-order valence-electron chi connectivity index (χ4n) is 21.2. The fourth-order valence-corrected chi connectivity index (χ4v) is 21.2. The van der Waals surface area contributed by atoms with Gasteiger partial charge in [-0.2, -0.15) is 0 Å². The molecule has 20 atom stereocenters. The lowest BCUT2D eigenvalue weighted by Gasteiger charge is -2.49. The number of rotatable bonds is 4. The van der Waals surface area contributed by atoms with Crippen molar-refractivity contribution in [3.05, 3.63) is 117 Å². The number of ether oxygens (including phenoxy) is 4. The van der Waals surface area contributed by atoms with Gasteiger partial charge in [0.05, 0.1) is 35.5 Å². The van der Waals surface area contributed by atoms with E-state index in [0.717, 1.165) is 91.8 Å². The smallest absolute Gasteiger partial charge is 0.410 e. The quantitative estimate of drug-likeness (QED) is 0.284. The molecular formula is C73H100N2O6. The third-order valence-corrected chi connectivity index (χ3v) is 25.6. The molecule has 0 aromatic heterocycles. The van der Waals surface area contributed by atoms with E-state index in [1.807, 2.05) is 70.5 Å². The SMILES string of the molecule is CC1=C2C[C@H]3[C@@H](CC=C4C[C@@H](C)CC[C@@]43C)[C@@H]2CC[C@@]2(C1)O[C@@H]1C[C@H](C)CN(C(=O)OCc3ccccc3)[C@H]1[C@H]2C.CC1=C2C[C@H]3[C@@H](CC=C4C[C@@H](C)CC[C@@]43C)[C@@H]2CC[C@]12O[C@@H]1C[C@H](C)CN(C(=O)OCc3ccccc3)[C@H]1[C@H]2C. The highest BCUT2D eigenvalue weighted by Gasteiger charge is 2.64. The first kappa shape index (κ1) is 56.0. The van der Waals surface area contributed by atoms with Crippen molar-refractivity contribution in [2.45, 2.75) is 227 Å². The van der Waals surface area contributed by atoms with Crippen LogP contribution in [0.1, 0.15) is 190 Å². The van der Waals surface area contributed by atoms with E-state index in [0.29, 0.717) is 53.6 Å². The maximum Gasteiger partial charge on any atom is 0.410 e. The second-order valence-electron chi connectivity index (χ2n) is 30.2. The number of hydrogen-bond acceptors (Lipinski definition) is 6. The summed E-state index contributed by atoms with van der Waals surface area (Å²) in [6, 6.07) is 20.2. The molecule has 8 heteroatoms. The van der Waals surface area contributed by atoms with Crippen LogP contribution in [0, 0.1) is 81.8 Å². The van der Waals surface area contributed by atoms with Gasteiger partial charge in [0, 0.05) is 24.9 Å². The van der Waals surface area contributed by atoms with Crippen molar-refractivity contribution < 1.29 is 28.5 Å². The van der Waals surface area contributed by atoms with Crippen LogP contribution in [0.25, 0.3) is 0 Å². The standard InChI is InChI=1S/C37H51NO3.C36H49NO3/c1-23-13-15-36(5)28(17-23)11-12-30-29-14-16-37(20-25(3)31(29)19-32(30)36)26(4)34-33(41-37)18-24(2)21-38(34)35(39)40-22-27-9-7-6-8-10-27;1-22-13-15-35(5)27(17-22)11-12-29-28-14-16-36(24(3)30(28)19-31(29)35)25(4)33-32(40-36)18-23(2)20-37(33)34(38)39-21-26-9-7-6-8-10-26/h6-11,23-24,26,29-30,32-34H,12-22H2,1-5H3;6-11,22-23,25,28-29,31-33H,12-21H2,1-5H3/t23-,24-,26+,29-,30-,32-,33+,34-,36-,37-;22-,23-,25+,28-,29-,31-,32+,33-,35-,36-/m00/s1. The molecule has 8 fully saturated rings. The number of carbonyl (C=O) groups excluding carboxylic acids is 2. The number of allylic oxidation sites excluding steroid dienone is 6. The number of fused-ring (bicyclic) bond motifs is 12. The average molecular weight is 1100 g/mol. The number of hydrogen-bond donors (Lipinski definition) is 0. The van der Waals surface area contributed by atoms with Gasteiger partial charge in [-0.3, -0.25) is 0 Å². The van der Waals surface area contributed by atoms with Crippen molar-refractivity contribution in [2.75, 3.05) is 13.1 Å². The first-order chi connectivity index (χ1) is 38.9. The lowest BCUT2D eigenvalue weighted by Crippen LogP contribution is -2.54. The van der Waals surface area contributed by atoms with Crippen LogP contribution in [-0.2, 0) is 32.2 Å². The first-order valence-corrected chi connectivity index (χ1v) is 33.0. The Kier molecular flexibility index (Phi) is 14.8. The molecule has 2 aromatic carbocycles. The summed E-state index contributed by atoms with van der Waals surface area (Å²) in [5.74, 6) is 7.69. The van der Waals surface area contributed by atoms with Crippen LogP contribution in [0.3, 0.4) is 0 Å². The van der Waals surface area contributed by atoms with Gasteiger partial charge in [0.1, 0.15) is 13.2 Å². The molecule has 2 aromatic rings. The molecule has 2 amide bonds. The Labute approximate surface area is 487 Å². The summed E-state index contributed by atoms with van der Waals surface area (Å²) in [5.41, 5.74) is 12.7. The fraction of sp³-hybridized carbons (Fsp3) is 0.699. The summed E-state index contributed by atoms with van der Waals surface area (Å²) < 4.78 is 26.2. The molecule has 0 unspecified atom stereocenters. The van der Waals surface area contributed by atoms with Gasteiger partial charge in [0.25, 0.3) is 0 Å². The molecule has 0 bridgehead atoms. The highest BCUT2D eigenvalue weighted by Crippen LogP contribution is 2.67. The van der Waals surface area contributed by atoms with Crippen LogP contribution in [0.4, 0.5) is 9.59 Å². The lowest BCUT2D eigenvalue weighted by molar-refractivity contribution is -0.0783. The van der Waals surface area contributed by atoms with Crippen molar-refractivity contribution in [1.29, 1.82) is 0 Å². The summed E-state index contributed by atoms with van der Waals surface area (Å²) in [5, 5.41) is 0. The molecule has 4 aliphatic heterocycles. The molecule has 2 spiro atoms. The third kappa shape index (κ3) is 9.49. The maximum absolute atomic E-state index is 13.5. The molecule has 12 aliphatic rings. The summed E-state index contributed by atoms with van der Waals surface area (Å²) in [6.45, 7) is 26.4. The van der Waals surface area contributed by atoms with E-state index in [1.54, 1.807) is 27.9 Å². The van der Waals surface area contributed by atoms with Gasteiger partial charge >= 0.3 is 12.2 Å². The number of amides is 2. The minimum atomic E-state index is -0.241. The van der Waals surface area contributed by atoms with E-state index in [4.69, 9.17) is 18.9 Å². The van der Waals surface area contributed by atoms with Gasteiger partial charge in [0.2, 0.25) is 0 Å². The second-order valence-corrected chi connectivity index (χ2v) is 30.2. The molecule has 14 rings (SSSR count). The normalized spacial score (nSPS) is 43.8. The number of carbonyl (C=O) groups is 2. The molecule has 4 saturated carbocycles. The summed E-state index contributed by atoms with van der Waals surface area (Å²) in [7, 11) is 0. The van der Waals surface area contributed by atoms with Crippen LogP contribution in [0.2, 0.25) is 0 Å². The summed E-state index contributed by atoms with van der Waals surface area (Å²) >= 11 is 0. The monoisotopic (exact) mass is 1100 g/mol. The minimum absolute atomic E-state index is 0.0841. The van der Waals surface area contributed by atoms with E-state index in [9.17, 15) is 9.59 Å². The molecule has 438 valence electrons. The van der Waals surface area contributed by atoms with Gasteiger partial charge in [-0.25, -0.2) is 9.59 Å². The molecule has 4 saturated heterocycles. The van der Waals surface area contributed by atoms with Crippen LogP contribution >= 0.6 is 0 Å². The molecule has 8 nitrogen and oxygen atoms in total. The molecule has 8 aliphatic carbocycles. The Morgan fingerprint density at radius 2 is 1.05 bits per heavy atom. The number of benzene rings is 2. The Morgan fingerprint density at radius 3 is 1.59 bits per heavy atom. The van der Waals surface area contributed by atoms with Crippen molar-refractivity contribution in [1.82, 2.24) is 9.80 Å². The number of likely N-dealkylation sites (tertiary alicyclic amines) is 2. The van der Waals surface area contributed by atoms with E-state index < -0.39 is 0 Å². The van der Waals surface area contributed by atoms with Crippen molar-refractivity contribution in [3.8, 4) is 0 Å². The van der Waals surface area contributed by atoms with Crippen molar-refractivity contribution >= 4 is 12.2 Å². The van der Waals surface area contributed by atoms with E-state index in [-0.39, 0.29) is 53.6 Å². The lowest BCUT2D eigenvalue weighted by atomic mass is 9.55. The highest BCUT2D eigenvalue weighted by atomic mass is 16.6.